The molecular weight excluding hydrogens is 334 g/mol. The fraction of sp³-hybridized carbons (Fsp3) is 0.125. The van der Waals surface area contributed by atoms with Crippen LogP contribution in [0.2, 0.25) is 0 Å². The number of hydrogen-bond acceptors (Lipinski definition) is 4. The Balaban J connectivity index is 2.12. The fourth-order valence-electron chi connectivity index (χ4n) is 1.66. The van der Waals surface area contributed by atoms with E-state index in [-0.39, 0.29) is 5.97 Å². The second-order valence-corrected chi connectivity index (χ2v) is 4.95. The van der Waals surface area contributed by atoms with Crippen LogP contribution in [0.1, 0.15) is 22.8 Å². The first kappa shape index (κ1) is 15.1. The number of rotatable bonds is 4. The van der Waals surface area contributed by atoms with Crippen LogP contribution in [0.25, 0.3) is 0 Å². The van der Waals surface area contributed by atoms with E-state index >= 15 is 0 Å². The van der Waals surface area contributed by atoms with Crippen LogP contribution in [0.4, 0.5) is 0 Å². The minimum absolute atomic E-state index is 0.344. The number of nitrogens with zero attached hydrogens (tertiary/aromatic N) is 1. The lowest BCUT2D eigenvalue weighted by atomic mass is 10.2. The molecule has 4 nitrogen and oxygen atoms in total. The molecule has 0 aromatic heterocycles. The predicted molar refractivity (Wildman–Crippen MR) is 81.3 cm³/mol. The van der Waals surface area contributed by atoms with E-state index in [0.717, 1.165) is 0 Å². The summed E-state index contributed by atoms with van der Waals surface area (Å²) in [5.41, 5.74) is 1.02. The molecule has 0 N–H and O–H groups in total. The second-order valence-electron chi connectivity index (χ2n) is 4.10. The Morgan fingerprint density at radius 1 is 1.19 bits per heavy atom. The van der Waals surface area contributed by atoms with Crippen LogP contribution in [-0.2, 0) is 4.74 Å². The predicted octanol–water partition coefficient (Wildman–Crippen LogP) is 4.29. The summed E-state index contributed by atoms with van der Waals surface area (Å²) < 4.78 is 11.2. The molecule has 21 heavy (non-hydrogen) atoms. The molecule has 0 radical (unpaired) electrons. The highest BCUT2D eigenvalue weighted by atomic mass is 79.9. The lowest BCUT2D eigenvalue weighted by molar-refractivity contribution is 0.0526. The number of carbonyl (C=O) groups excluding carboxylic acids is 1. The van der Waals surface area contributed by atoms with E-state index in [1.807, 2.05) is 0 Å². The normalized spacial score (nSPS) is 9.76. The topological polar surface area (TPSA) is 59.3 Å². The average molecular weight is 346 g/mol. The van der Waals surface area contributed by atoms with E-state index < -0.39 is 0 Å². The van der Waals surface area contributed by atoms with Crippen LogP contribution in [0.3, 0.4) is 0 Å². The van der Waals surface area contributed by atoms with E-state index in [1.165, 1.54) is 0 Å². The van der Waals surface area contributed by atoms with Crippen LogP contribution in [0.5, 0.6) is 11.5 Å². The third-order valence-corrected chi connectivity index (χ3v) is 3.32. The first-order valence-electron chi connectivity index (χ1n) is 6.28. The summed E-state index contributed by atoms with van der Waals surface area (Å²) in [6.45, 7) is 2.11. The first-order chi connectivity index (χ1) is 10.1. The summed E-state index contributed by atoms with van der Waals surface area (Å²) in [4.78, 5) is 11.5. The largest absolute Gasteiger partial charge is 0.462 e. The van der Waals surface area contributed by atoms with E-state index in [1.54, 1.807) is 49.4 Å². The van der Waals surface area contributed by atoms with Gasteiger partial charge in [0.1, 0.15) is 17.6 Å². The maximum Gasteiger partial charge on any atom is 0.338 e. The lowest BCUT2D eigenvalue weighted by Crippen LogP contribution is -2.03. The van der Waals surface area contributed by atoms with Crippen LogP contribution >= 0.6 is 15.9 Å². The molecule has 2 aromatic carbocycles. The van der Waals surface area contributed by atoms with Crippen molar-refractivity contribution in [1.82, 2.24) is 0 Å². The molecule has 0 aliphatic rings. The minimum Gasteiger partial charge on any atom is -0.462 e. The number of halogens is 1. The van der Waals surface area contributed by atoms with Crippen molar-refractivity contribution in [2.24, 2.45) is 0 Å². The Morgan fingerprint density at radius 3 is 2.43 bits per heavy atom. The number of ether oxygens (including phenoxy) is 2. The smallest absolute Gasteiger partial charge is 0.338 e. The number of nitriles is 1. The van der Waals surface area contributed by atoms with E-state index in [0.29, 0.717) is 33.7 Å². The molecule has 0 saturated carbocycles. The fourth-order valence-corrected chi connectivity index (χ4v) is 2.11. The van der Waals surface area contributed by atoms with Gasteiger partial charge in [-0.25, -0.2) is 4.79 Å². The van der Waals surface area contributed by atoms with Gasteiger partial charge >= 0.3 is 5.97 Å². The summed E-state index contributed by atoms with van der Waals surface area (Å²) in [6.07, 6.45) is 0. The first-order valence-corrected chi connectivity index (χ1v) is 7.08. The number of benzene rings is 2. The van der Waals surface area contributed by atoms with Gasteiger partial charge in [-0.15, -0.1) is 0 Å². The van der Waals surface area contributed by atoms with Gasteiger partial charge in [0.15, 0.2) is 0 Å². The number of hydrogen-bond donors (Lipinski definition) is 0. The van der Waals surface area contributed by atoms with Gasteiger partial charge in [0.05, 0.1) is 17.7 Å². The van der Waals surface area contributed by atoms with Crippen molar-refractivity contribution in [2.75, 3.05) is 6.61 Å². The third kappa shape index (κ3) is 3.83. The molecule has 0 saturated heterocycles. The third-order valence-electron chi connectivity index (χ3n) is 2.66. The molecule has 2 aromatic rings. The van der Waals surface area contributed by atoms with Crippen molar-refractivity contribution in [3.8, 4) is 17.6 Å². The van der Waals surface area contributed by atoms with Gasteiger partial charge in [0, 0.05) is 4.47 Å². The van der Waals surface area contributed by atoms with Gasteiger partial charge < -0.3 is 9.47 Å². The summed E-state index contributed by atoms with van der Waals surface area (Å²) in [7, 11) is 0. The minimum atomic E-state index is -0.356. The second kappa shape index (κ2) is 6.91. The van der Waals surface area contributed by atoms with Crippen LogP contribution in [0, 0.1) is 11.3 Å². The Kier molecular flexibility index (Phi) is 4.96. The van der Waals surface area contributed by atoms with Crippen molar-refractivity contribution < 1.29 is 14.3 Å². The molecular formula is C16H12BrNO3. The Bertz CT molecular complexity index is 690. The molecule has 0 bridgehead atoms. The highest BCUT2D eigenvalue weighted by Crippen LogP contribution is 2.27. The van der Waals surface area contributed by atoms with E-state index in [9.17, 15) is 4.79 Å². The van der Waals surface area contributed by atoms with Gasteiger partial charge in [-0.1, -0.05) is 0 Å². The van der Waals surface area contributed by atoms with Gasteiger partial charge in [0.25, 0.3) is 0 Å². The number of esters is 1. The molecule has 2 rings (SSSR count). The van der Waals surface area contributed by atoms with Gasteiger partial charge in [0.2, 0.25) is 0 Å². The SMILES string of the molecule is CCOC(=O)c1ccc(Oc2ccc(C#N)c(Br)c2)cc1. The summed E-state index contributed by atoms with van der Waals surface area (Å²) in [5.74, 6) is 0.842. The molecule has 0 aliphatic heterocycles. The Hall–Kier alpha value is -2.32. The molecule has 0 fully saturated rings. The van der Waals surface area contributed by atoms with Crippen molar-refractivity contribution in [3.63, 3.8) is 0 Å². The van der Waals surface area contributed by atoms with Crippen molar-refractivity contribution in [1.29, 1.82) is 5.26 Å². The van der Waals surface area contributed by atoms with Gasteiger partial charge in [-0.3, -0.25) is 0 Å². The van der Waals surface area contributed by atoms with Gasteiger partial charge in [-0.05, 0) is 65.3 Å². The standard InChI is InChI=1S/C16H12BrNO3/c1-2-20-16(19)11-3-6-13(7-4-11)21-14-8-5-12(10-18)15(17)9-14/h3-9H,2H2,1H3. The summed E-state index contributed by atoms with van der Waals surface area (Å²) in [6, 6.07) is 13.8. The lowest BCUT2D eigenvalue weighted by Gasteiger charge is -2.07. The molecule has 0 atom stereocenters. The zero-order chi connectivity index (χ0) is 15.2. The summed E-state index contributed by atoms with van der Waals surface area (Å²) >= 11 is 3.30. The molecule has 0 spiro atoms. The maximum absolute atomic E-state index is 11.5. The number of carbonyl (C=O) groups is 1. The zero-order valence-corrected chi connectivity index (χ0v) is 12.9. The highest BCUT2D eigenvalue weighted by molar-refractivity contribution is 9.10. The molecule has 0 amide bonds. The summed E-state index contributed by atoms with van der Waals surface area (Å²) in [5, 5.41) is 8.86. The van der Waals surface area contributed by atoms with Crippen LogP contribution in [-0.4, -0.2) is 12.6 Å². The average Bonchev–Trinajstić information content (AvgIpc) is 2.48. The highest BCUT2D eigenvalue weighted by Gasteiger charge is 2.07. The monoisotopic (exact) mass is 345 g/mol. The Morgan fingerprint density at radius 2 is 1.86 bits per heavy atom. The quantitative estimate of drug-likeness (QED) is 0.775. The molecule has 106 valence electrons. The molecule has 5 heteroatoms. The molecule has 0 aliphatic carbocycles. The Labute approximate surface area is 131 Å². The van der Waals surface area contributed by atoms with Gasteiger partial charge in [-0.2, -0.15) is 5.26 Å². The van der Waals surface area contributed by atoms with Crippen molar-refractivity contribution >= 4 is 21.9 Å². The van der Waals surface area contributed by atoms with Crippen molar-refractivity contribution in [3.05, 3.63) is 58.1 Å². The van der Waals surface area contributed by atoms with Crippen LogP contribution in [0.15, 0.2) is 46.9 Å². The maximum atomic E-state index is 11.5. The van der Waals surface area contributed by atoms with E-state index in [4.69, 9.17) is 14.7 Å². The van der Waals surface area contributed by atoms with E-state index in [2.05, 4.69) is 22.0 Å². The van der Waals surface area contributed by atoms with Crippen molar-refractivity contribution in [2.45, 2.75) is 6.92 Å². The molecule has 0 unspecified atom stereocenters. The zero-order valence-electron chi connectivity index (χ0n) is 11.3. The van der Waals surface area contributed by atoms with Crippen LogP contribution < -0.4 is 4.74 Å². The molecule has 0 heterocycles.